The number of halogens is 1. The minimum Gasteiger partial charge on any atom is -0.451 e. The number of fused-ring (bicyclic) bond motifs is 3. The summed E-state index contributed by atoms with van der Waals surface area (Å²) in [7, 11) is 0. The van der Waals surface area contributed by atoms with Crippen molar-refractivity contribution in [2.45, 2.75) is 24.9 Å². The van der Waals surface area contributed by atoms with E-state index >= 15 is 4.39 Å². The molecule has 7 rings (SSSR count). The quantitative estimate of drug-likeness (QED) is 0.309. The fourth-order valence-corrected chi connectivity index (χ4v) is 5.98. The largest absolute Gasteiger partial charge is 0.451 e. The molecule has 4 heterocycles. The van der Waals surface area contributed by atoms with Crippen molar-refractivity contribution in [1.82, 2.24) is 9.47 Å². The Morgan fingerprint density at radius 2 is 1.74 bits per heavy atom. The number of rotatable bonds is 2. The van der Waals surface area contributed by atoms with Crippen LogP contribution < -0.4 is 32.3 Å². The molecule has 2 unspecified atom stereocenters. The van der Waals surface area contributed by atoms with Crippen LogP contribution in [-0.2, 0) is 0 Å². The number of benzene rings is 3. The van der Waals surface area contributed by atoms with E-state index in [-0.39, 0.29) is 40.2 Å². The van der Waals surface area contributed by atoms with E-state index in [4.69, 9.17) is 21.9 Å². The van der Waals surface area contributed by atoms with E-state index in [1.54, 1.807) is 9.47 Å². The Kier molecular flexibility index (Phi) is 4.95. The van der Waals surface area contributed by atoms with E-state index in [0.29, 0.717) is 56.0 Å². The first-order valence-electron chi connectivity index (χ1n) is 12.8. The van der Waals surface area contributed by atoms with Crippen LogP contribution in [0.2, 0.25) is 0 Å². The predicted molar refractivity (Wildman–Crippen MR) is 145 cm³/mol. The lowest BCUT2D eigenvalue weighted by Crippen LogP contribution is -2.35. The van der Waals surface area contributed by atoms with Crippen LogP contribution in [0.3, 0.4) is 0 Å². The maximum absolute atomic E-state index is 16.1. The highest BCUT2D eigenvalue weighted by Crippen LogP contribution is 2.50. The number of carbonyl (C=O) groups is 1. The summed E-state index contributed by atoms with van der Waals surface area (Å²) in [6.07, 6.45) is 2.88. The number of ether oxygens (including phenoxy) is 1. The average Bonchev–Trinajstić information content (AvgIpc) is 3.54. The van der Waals surface area contributed by atoms with Gasteiger partial charge in [-0.15, -0.1) is 0 Å². The van der Waals surface area contributed by atoms with Crippen molar-refractivity contribution in [2.24, 2.45) is 11.5 Å². The summed E-state index contributed by atoms with van der Waals surface area (Å²) in [5, 5.41) is 1.82. The molecule has 6 N–H and O–H groups in total. The Labute approximate surface area is 217 Å². The third-order valence-corrected chi connectivity index (χ3v) is 7.93. The van der Waals surface area contributed by atoms with Crippen LogP contribution in [0.5, 0.6) is 11.5 Å². The number of pyridine rings is 1. The van der Waals surface area contributed by atoms with Gasteiger partial charge in [0, 0.05) is 44.5 Å². The van der Waals surface area contributed by atoms with Crippen LogP contribution in [-0.4, -0.2) is 53.6 Å². The highest BCUT2D eigenvalue weighted by Gasteiger charge is 2.36. The predicted octanol–water partition coefficient (Wildman–Crippen LogP) is 2.68. The number of nitrogens with zero attached hydrogens (tertiary/aromatic N) is 3. The molecule has 38 heavy (non-hydrogen) atoms. The number of amides is 1. The standard InChI is InChI=1S/C28H27FN6O3/c29-22-23(32)21-24-27(25(22)33-7-5-16(30)11-33)38-20-10-15-4-2-1-3-14(15)9-19(20)35(24)13-18(26(21)36)28(37)34-8-6-17(31)12-34/h1-4,9-10,13,16-17H,5-8,11-12,30-32H2. The zero-order valence-electron chi connectivity index (χ0n) is 20.6. The number of aromatic nitrogens is 1. The molecule has 3 aliphatic rings. The molecule has 1 amide bonds. The topological polar surface area (TPSA) is 133 Å². The first kappa shape index (κ1) is 23.0. The molecule has 194 valence electrons. The fraction of sp³-hybridized carbons (Fsp3) is 0.286. The van der Waals surface area contributed by atoms with Crippen LogP contribution in [0, 0.1) is 5.82 Å². The first-order valence-corrected chi connectivity index (χ1v) is 12.8. The monoisotopic (exact) mass is 514 g/mol. The van der Waals surface area contributed by atoms with Gasteiger partial charge in [-0.25, -0.2) is 4.39 Å². The molecule has 0 spiro atoms. The van der Waals surface area contributed by atoms with Crippen molar-refractivity contribution in [3.63, 3.8) is 0 Å². The summed E-state index contributed by atoms with van der Waals surface area (Å²) in [6.45, 7) is 1.76. The highest BCUT2D eigenvalue weighted by atomic mass is 19.1. The number of hydrogen-bond acceptors (Lipinski definition) is 7. The summed E-state index contributed by atoms with van der Waals surface area (Å²) in [5.74, 6) is -0.514. The van der Waals surface area contributed by atoms with Gasteiger partial charge in [0.25, 0.3) is 5.91 Å². The lowest BCUT2D eigenvalue weighted by Gasteiger charge is -2.30. The van der Waals surface area contributed by atoms with Gasteiger partial charge in [0.2, 0.25) is 5.43 Å². The number of hydrogen-bond donors (Lipinski definition) is 3. The highest BCUT2D eigenvalue weighted by molar-refractivity contribution is 6.06. The molecule has 2 atom stereocenters. The zero-order valence-corrected chi connectivity index (χ0v) is 20.6. The summed E-state index contributed by atoms with van der Waals surface area (Å²) in [5.41, 5.74) is 18.6. The molecule has 1 aromatic heterocycles. The Morgan fingerprint density at radius 1 is 1.03 bits per heavy atom. The van der Waals surface area contributed by atoms with Crippen molar-refractivity contribution < 1.29 is 13.9 Å². The second-order valence-corrected chi connectivity index (χ2v) is 10.4. The summed E-state index contributed by atoms with van der Waals surface area (Å²) < 4.78 is 24.2. The van der Waals surface area contributed by atoms with Crippen molar-refractivity contribution >= 4 is 39.0 Å². The Bertz CT molecular complexity index is 1730. The number of anilines is 2. The summed E-state index contributed by atoms with van der Waals surface area (Å²) in [4.78, 5) is 30.7. The number of carbonyl (C=O) groups excluding carboxylic acids is 1. The molecular formula is C28H27FN6O3. The van der Waals surface area contributed by atoms with Gasteiger partial charge in [0.15, 0.2) is 17.3 Å². The van der Waals surface area contributed by atoms with Gasteiger partial charge in [0.1, 0.15) is 16.8 Å². The molecule has 2 saturated heterocycles. The van der Waals surface area contributed by atoms with Crippen LogP contribution in [0.25, 0.3) is 27.4 Å². The third-order valence-electron chi connectivity index (χ3n) is 7.93. The lowest BCUT2D eigenvalue weighted by atomic mass is 10.0. The first-order chi connectivity index (χ1) is 18.3. The summed E-state index contributed by atoms with van der Waals surface area (Å²) in [6, 6.07) is 11.3. The van der Waals surface area contributed by atoms with Crippen LogP contribution in [0.4, 0.5) is 15.8 Å². The second kappa shape index (κ2) is 8.17. The van der Waals surface area contributed by atoms with Gasteiger partial charge in [0.05, 0.1) is 16.8 Å². The molecule has 0 radical (unpaired) electrons. The third kappa shape index (κ3) is 3.23. The Balaban J connectivity index is 1.56. The minimum absolute atomic E-state index is 0.0714. The molecule has 9 nitrogen and oxygen atoms in total. The van der Waals surface area contributed by atoms with Crippen LogP contribution in [0.15, 0.2) is 47.4 Å². The SMILES string of the molecule is Nc1c(F)c(N2CCC(N)C2)c2c3c1c(=O)c(C(=O)N1CCC(N)C1)cn3-c1cc3ccccc3cc1O2. The number of nitrogen functional groups attached to an aromatic ring is 1. The smallest absolute Gasteiger partial charge is 0.259 e. The van der Waals surface area contributed by atoms with Gasteiger partial charge in [-0.05, 0) is 35.7 Å². The molecule has 0 aliphatic carbocycles. The van der Waals surface area contributed by atoms with Gasteiger partial charge in [-0.3, -0.25) is 9.59 Å². The molecule has 2 fully saturated rings. The van der Waals surface area contributed by atoms with Crippen molar-refractivity contribution in [1.29, 1.82) is 0 Å². The van der Waals surface area contributed by atoms with Crippen molar-refractivity contribution in [3.05, 3.63) is 64.2 Å². The van der Waals surface area contributed by atoms with Crippen LogP contribution >= 0.6 is 0 Å². The molecule has 0 bridgehead atoms. The maximum atomic E-state index is 16.1. The number of nitrogens with two attached hydrogens (primary N) is 3. The minimum atomic E-state index is -0.748. The number of likely N-dealkylation sites (tertiary alicyclic amines) is 1. The molecular weight excluding hydrogens is 487 g/mol. The van der Waals surface area contributed by atoms with Crippen LogP contribution in [0.1, 0.15) is 23.2 Å². The van der Waals surface area contributed by atoms with Gasteiger partial charge < -0.3 is 36.3 Å². The van der Waals surface area contributed by atoms with Crippen molar-refractivity contribution in [2.75, 3.05) is 36.8 Å². The molecule has 0 saturated carbocycles. The second-order valence-electron chi connectivity index (χ2n) is 10.4. The molecule has 3 aliphatic heterocycles. The van der Waals surface area contributed by atoms with E-state index in [0.717, 1.165) is 10.8 Å². The van der Waals surface area contributed by atoms with E-state index in [1.807, 2.05) is 41.3 Å². The average molecular weight is 515 g/mol. The zero-order chi connectivity index (χ0) is 26.3. The molecule has 10 heteroatoms. The Hall–Kier alpha value is -4.15. The normalized spacial score (nSPS) is 20.3. The fourth-order valence-electron chi connectivity index (χ4n) is 5.98. The van der Waals surface area contributed by atoms with Crippen molar-refractivity contribution in [3.8, 4) is 17.2 Å². The maximum Gasteiger partial charge on any atom is 0.259 e. The van der Waals surface area contributed by atoms with E-state index in [1.165, 1.54) is 6.20 Å². The summed E-state index contributed by atoms with van der Waals surface area (Å²) >= 11 is 0. The van der Waals surface area contributed by atoms with Gasteiger partial charge in [-0.1, -0.05) is 24.3 Å². The van der Waals surface area contributed by atoms with Gasteiger partial charge in [-0.2, -0.15) is 0 Å². The molecule has 3 aromatic carbocycles. The lowest BCUT2D eigenvalue weighted by molar-refractivity contribution is 0.0789. The van der Waals surface area contributed by atoms with E-state index < -0.39 is 17.2 Å². The van der Waals surface area contributed by atoms with E-state index in [2.05, 4.69) is 0 Å². The van der Waals surface area contributed by atoms with E-state index in [9.17, 15) is 9.59 Å². The molecule has 4 aromatic rings. The Morgan fingerprint density at radius 3 is 2.42 bits per heavy atom. The van der Waals surface area contributed by atoms with Gasteiger partial charge >= 0.3 is 0 Å².